The minimum atomic E-state index is -1.30. The van der Waals surface area contributed by atoms with E-state index < -0.39 is 22.9 Å². The summed E-state index contributed by atoms with van der Waals surface area (Å²) in [6.07, 6.45) is 0. The zero-order valence-electron chi connectivity index (χ0n) is 11.4. The smallest absolute Gasteiger partial charge is 0.336 e. The maximum atomic E-state index is 13.1. The number of carbonyl (C=O) groups is 1. The molecule has 7 heteroatoms. The lowest BCUT2D eigenvalue weighted by Crippen LogP contribution is -2.33. The zero-order chi connectivity index (χ0) is 15.7. The molecule has 0 radical (unpaired) electrons. The first-order chi connectivity index (χ1) is 9.81. The Morgan fingerprint density at radius 3 is 2.57 bits per heavy atom. The zero-order valence-corrected chi connectivity index (χ0v) is 11.4. The highest BCUT2D eigenvalue weighted by molar-refractivity contribution is 5.89. The van der Waals surface area contributed by atoms with Crippen molar-refractivity contribution in [1.29, 1.82) is 0 Å². The molecule has 0 aliphatic carbocycles. The SMILES string of the molecule is Cc1c(C)c(=O)n(Cc2ccc(F)cc2C(=O)O)[nH]c1=O. The molecule has 0 saturated heterocycles. The lowest BCUT2D eigenvalue weighted by Gasteiger charge is -2.10. The van der Waals surface area contributed by atoms with Crippen LogP contribution in [0.1, 0.15) is 27.0 Å². The Morgan fingerprint density at radius 2 is 1.95 bits per heavy atom. The quantitative estimate of drug-likeness (QED) is 0.884. The van der Waals surface area contributed by atoms with E-state index in [0.717, 1.165) is 16.8 Å². The molecule has 2 N–H and O–H groups in total. The van der Waals surface area contributed by atoms with Crippen LogP contribution in [0.4, 0.5) is 4.39 Å². The molecule has 1 aromatic carbocycles. The summed E-state index contributed by atoms with van der Waals surface area (Å²) in [5, 5.41) is 11.4. The number of H-pyrrole nitrogens is 1. The molecule has 6 nitrogen and oxygen atoms in total. The Kier molecular flexibility index (Phi) is 3.75. The van der Waals surface area contributed by atoms with E-state index in [-0.39, 0.29) is 23.2 Å². The van der Waals surface area contributed by atoms with Crippen LogP contribution in [0.3, 0.4) is 0 Å². The summed E-state index contributed by atoms with van der Waals surface area (Å²) in [6.45, 7) is 2.89. The molecule has 2 rings (SSSR count). The summed E-state index contributed by atoms with van der Waals surface area (Å²) < 4.78 is 14.1. The molecule has 110 valence electrons. The largest absolute Gasteiger partial charge is 0.478 e. The third kappa shape index (κ3) is 2.76. The Morgan fingerprint density at radius 1 is 1.29 bits per heavy atom. The Bertz CT molecular complexity index is 836. The van der Waals surface area contributed by atoms with Gasteiger partial charge in [-0.1, -0.05) is 6.07 Å². The second kappa shape index (κ2) is 5.35. The lowest BCUT2D eigenvalue weighted by molar-refractivity contribution is 0.0695. The van der Waals surface area contributed by atoms with Gasteiger partial charge in [0.15, 0.2) is 0 Å². The Labute approximate surface area is 118 Å². The van der Waals surface area contributed by atoms with Crippen LogP contribution in [-0.2, 0) is 6.54 Å². The number of halogens is 1. The number of benzene rings is 1. The third-order valence-electron chi connectivity index (χ3n) is 3.34. The monoisotopic (exact) mass is 292 g/mol. The van der Waals surface area contributed by atoms with Gasteiger partial charge < -0.3 is 5.11 Å². The first-order valence-corrected chi connectivity index (χ1v) is 6.13. The van der Waals surface area contributed by atoms with E-state index in [1.54, 1.807) is 0 Å². The normalized spacial score (nSPS) is 10.6. The van der Waals surface area contributed by atoms with Gasteiger partial charge in [0.2, 0.25) is 0 Å². The van der Waals surface area contributed by atoms with Crippen LogP contribution >= 0.6 is 0 Å². The van der Waals surface area contributed by atoms with E-state index in [1.807, 2.05) is 0 Å². The number of nitrogens with one attached hydrogen (secondary N) is 1. The maximum absolute atomic E-state index is 13.1. The number of hydrogen-bond donors (Lipinski definition) is 2. The number of carboxylic acid groups (broad SMARTS) is 1. The standard InChI is InChI=1S/C14H13FN2O4/c1-7-8(2)13(19)17(16-12(7)18)6-9-3-4-10(15)5-11(9)14(20)21/h3-5H,6H2,1-2H3,(H,16,18)(H,20,21). The first kappa shape index (κ1) is 14.7. The summed E-state index contributed by atoms with van der Waals surface area (Å²) in [5.41, 5.74) is -0.267. The molecule has 2 aromatic rings. The van der Waals surface area contributed by atoms with Crippen LogP contribution in [-0.4, -0.2) is 20.9 Å². The Balaban J connectivity index is 2.56. The molecule has 0 amide bonds. The van der Waals surface area contributed by atoms with Gasteiger partial charge in [0.1, 0.15) is 5.82 Å². The van der Waals surface area contributed by atoms with Gasteiger partial charge in [0.25, 0.3) is 11.1 Å². The van der Waals surface area contributed by atoms with Crippen molar-refractivity contribution >= 4 is 5.97 Å². The topological polar surface area (TPSA) is 92.2 Å². The highest BCUT2D eigenvalue weighted by Crippen LogP contribution is 2.12. The predicted octanol–water partition coefficient (Wildman–Crippen LogP) is 1.04. The summed E-state index contributed by atoms with van der Waals surface area (Å²) >= 11 is 0. The highest BCUT2D eigenvalue weighted by Gasteiger charge is 2.14. The molecule has 0 unspecified atom stereocenters. The molecular formula is C14H13FN2O4. The van der Waals surface area contributed by atoms with Gasteiger partial charge in [0, 0.05) is 11.1 Å². The molecule has 1 heterocycles. The van der Waals surface area contributed by atoms with Crippen LogP contribution in [0, 0.1) is 19.7 Å². The molecular weight excluding hydrogens is 279 g/mol. The number of carboxylic acids is 1. The number of aromatic carboxylic acids is 1. The van der Waals surface area contributed by atoms with E-state index in [1.165, 1.54) is 19.9 Å². The molecule has 1 aromatic heterocycles. The van der Waals surface area contributed by atoms with Crippen LogP contribution in [0.25, 0.3) is 0 Å². The molecule has 0 spiro atoms. The van der Waals surface area contributed by atoms with Crippen molar-refractivity contribution in [3.63, 3.8) is 0 Å². The highest BCUT2D eigenvalue weighted by atomic mass is 19.1. The summed E-state index contributed by atoms with van der Waals surface area (Å²) in [7, 11) is 0. The second-order valence-electron chi connectivity index (χ2n) is 4.69. The van der Waals surface area contributed by atoms with Crippen molar-refractivity contribution in [2.75, 3.05) is 0 Å². The van der Waals surface area contributed by atoms with Crippen molar-refractivity contribution in [3.8, 4) is 0 Å². The molecule has 21 heavy (non-hydrogen) atoms. The van der Waals surface area contributed by atoms with Gasteiger partial charge in [-0.3, -0.25) is 14.7 Å². The van der Waals surface area contributed by atoms with Gasteiger partial charge in [0.05, 0.1) is 12.1 Å². The molecule has 0 fully saturated rings. The molecule has 0 aliphatic rings. The third-order valence-corrected chi connectivity index (χ3v) is 3.34. The number of aromatic nitrogens is 2. The fraction of sp³-hybridized carbons (Fsp3) is 0.214. The fourth-order valence-electron chi connectivity index (χ4n) is 1.96. The van der Waals surface area contributed by atoms with Crippen molar-refractivity contribution in [3.05, 3.63) is 67.0 Å². The predicted molar refractivity (Wildman–Crippen MR) is 73.3 cm³/mol. The molecule has 0 atom stereocenters. The van der Waals surface area contributed by atoms with Gasteiger partial charge in [-0.05, 0) is 31.5 Å². The average molecular weight is 292 g/mol. The van der Waals surface area contributed by atoms with Gasteiger partial charge in [-0.15, -0.1) is 0 Å². The average Bonchev–Trinajstić information content (AvgIpc) is 2.44. The summed E-state index contributed by atoms with van der Waals surface area (Å²) in [4.78, 5) is 34.9. The minimum Gasteiger partial charge on any atom is -0.478 e. The van der Waals surface area contributed by atoms with E-state index >= 15 is 0 Å². The van der Waals surface area contributed by atoms with Gasteiger partial charge in [-0.2, -0.15) is 0 Å². The maximum Gasteiger partial charge on any atom is 0.336 e. The van der Waals surface area contributed by atoms with E-state index in [0.29, 0.717) is 5.56 Å². The van der Waals surface area contributed by atoms with Gasteiger partial charge in [-0.25, -0.2) is 13.9 Å². The fourth-order valence-corrected chi connectivity index (χ4v) is 1.96. The van der Waals surface area contributed by atoms with E-state index in [4.69, 9.17) is 5.11 Å². The van der Waals surface area contributed by atoms with Gasteiger partial charge >= 0.3 is 5.97 Å². The minimum absolute atomic E-state index is 0.156. The Hall–Kier alpha value is -2.70. The summed E-state index contributed by atoms with van der Waals surface area (Å²) in [6, 6.07) is 3.26. The lowest BCUT2D eigenvalue weighted by atomic mass is 10.1. The first-order valence-electron chi connectivity index (χ1n) is 6.13. The van der Waals surface area contributed by atoms with Crippen LogP contribution in [0.2, 0.25) is 0 Å². The number of nitrogens with zero attached hydrogens (tertiary/aromatic N) is 1. The number of aromatic amines is 1. The summed E-state index contributed by atoms with van der Waals surface area (Å²) in [5.74, 6) is -1.99. The van der Waals surface area contributed by atoms with E-state index in [2.05, 4.69) is 5.10 Å². The van der Waals surface area contributed by atoms with Crippen molar-refractivity contribution in [2.24, 2.45) is 0 Å². The number of rotatable bonds is 3. The second-order valence-corrected chi connectivity index (χ2v) is 4.69. The molecule has 0 bridgehead atoms. The van der Waals surface area contributed by atoms with Crippen LogP contribution in [0.15, 0.2) is 27.8 Å². The van der Waals surface area contributed by atoms with Crippen molar-refractivity contribution in [1.82, 2.24) is 9.78 Å². The van der Waals surface area contributed by atoms with Crippen molar-refractivity contribution < 1.29 is 14.3 Å². The van der Waals surface area contributed by atoms with Crippen LogP contribution < -0.4 is 11.1 Å². The number of hydrogen-bond acceptors (Lipinski definition) is 3. The van der Waals surface area contributed by atoms with Crippen molar-refractivity contribution in [2.45, 2.75) is 20.4 Å². The van der Waals surface area contributed by atoms with E-state index in [9.17, 15) is 18.8 Å². The molecule has 0 aliphatic heterocycles. The van der Waals surface area contributed by atoms with Crippen LogP contribution in [0.5, 0.6) is 0 Å². The molecule has 0 saturated carbocycles.